The molecule has 2 heterocycles. The molecular formula is C19H28IN7O. The van der Waals surface area contributed by atoms with E-state index in [1.165, 1.54) is 0 Å². The standard InChI is InChI=1S/C19H27N7O.HI/c1-4-20-19(22-13-17-24-23-14(2)25(17)3)21-12-15-7-9-16(10-8-15)26-11-5-6-18(26)27;/h7-10H,4-6,11-13H2,1-3H3,(H2,20,21,22);1H. The molecule has 1 saturated heterocycles. The maximum Gasteiger partial charge on any atom is 0.227 e. The number of rotatable bonds is 6. The molecule has 2 aromatic rings. The van der Waals surface area contributed by atoms with E-state index in [1.807, 2.05) is 54.6 Å². The molecule has 1 fully saturated rings. The van der Waals surface area contributed by atoms with Crippen LogP contribution >= 0.6 is 24.0 Å². The summed E-state index contributed by atoms with van der Waals surface area (Å²) in [4.78, 5) is 18.3. The molecule has 1 aromatic carbocycles. The van der Waals surface area contributed by atoms with Crippen molar-refractivity contribution in [3.63, 3.8) is 0 Å². The first kappa shape index (κ1) is 22.1. The molecule has 0 radical (unpaired) electrons. The first-order valence-corrected chi connectivity index (χ1v) is 9.35. The Morgan fingerprint density at radius 3 is 2.54 bits per heavy atom. The lowest BCUT2D eigenvalue weighted by Gasteiger charge is -2.16. The quantitative estimate of drug-likeness (QED) is 0.363. The number of guanidine groups is 1. The number of nitrogens with zero attached hydrogens (tertiary/aromatic N) is 5. The predicted molar refractivity (Wildman–Crippen MR) is 121 cm³/mol. The highest BCUT2D eigenvalue weighted by atomic mass is 127. The number of anilines is 1. The largest absolute Gasteiger partial charge is 0.357 e. The smallest absolute Gasteiger partial charge is 0.227 e. The normalized spacial score (nSPS) is 14.2. The van der Waals surface area contributed by atoms with Crippen LogP contribution in [0.15, 0.2) is 29.3 Å². The Hall–Kier alpha value is -2.17. The van der Waals surface area contributed by atoms with E-state index in [4.69, 9.17) is 0 Å². The first-order chi connectivity index (χ1) is 13.1. The van der Waals surface area contributed by atoms with Crippen LogP contribution in [0.3, 0.4) is 0 Å². The molecule has 2 N–H and O–H groups in total. The lowest BCUT2D eigenvalue weighted by atomic mass is 10.2. The van der Waals surface area contributed by atoms with Crippen LogP contribution in [-0.2, 0) is 24.9 Å². The van der Waals surface area contributed by atoms with E-state index in [-0.39, 0.29) is 29.9 Å². The SMILES string of the molecule is CCNC(=NCc1ccc(N2CCCC2=O)cc1)NCc1nnc(C)n1C.I. The summed E-state index contributed by atoms with van der Waals surface area (Å²) in [6, 6.07) is 8.05. The lowest BCUT2D eigenvalue weighted by molar-refractivity contribution is -0.117. The zero-order chi connectivity index (χ0) is 19.2. The van der Waals surface area contributed by atoms with Gasteiger partial charge in [0, 0.05) is 32.2 Å². The van der Waals surface area contributed by atoms with E-state index >= 15 is 0 Å². The summed E-state index contributed by atoms with van der Waals surface area (Å²) >= 11 is 0. The van der Waals surface area contributed by atoms with Gasteiger partial charge in [0.05, 0.1) is 13.1 Å². The van der Waals surface area contributed by atoms with Crippen LogP contribution in [0.25, 0.3) is 0 Å². The fourth-order valence-corrected chi connectivity index (χ4v) is 2.98. The molecule has 0 bridgehead atoms. The molecule has 3 rings (SSSR count). The molecule has 9 heteroatoms. The van der Waals surface area contributed by atoms with Crippen molar-refractivity contribution in [1.29, 1.82) is 0 Å². The van der Waals surface area contributed by atoms with Crippen molar-refractivity contribution < 1.29 is 4.79 Å². The lowest BCUT2D eigenvalue weighted by Crippen LogP contribution is -2.37. The summed E-state index contributed by atoms with van der Waals surface area (Å²) in [5, 5.41) is 14.7. The number of hydrogen-bond donors (Lipinski definition) is 2. The number of aryl methyl sites for hydroxylation is 1. The van der Waals surface area contributed by atoms with Crippen LogP contribution in [0.2, 0.25) is 0 Å². The zero-order valence-corrected chi connectivity index (χ0v) is 18.9. The van der Waals surface area contributed by atoms with Crippen molar-refractivity contribution in [2.75, 3.05) is 18.0 Å². The first-order valence-electron chi connectivity index (χ1n) is 9.35. The summed E-state index contributed by atoms with van der Waals surface area (Å²) in [6.45, 7) is 6.66. The van der Waals surface area contributed by atoms with Gasteiger partial charge in [-0.3, -0.25) is 4.79 Å². The molecule has 0 saturated carbocycles. The van der Waals surface area contributed by atoms with Gasteiger partial charge in [-0.05, 0) is 38.0 Å². The minimum atomic E-state index is 0. The molecule has 0 atom stereocenters. The van der Waals surface area contributed by atoms with Gasteiger partial charge >= 0.3 is 0 Å². The van der Waals surface area contributed by atoms with Gasteiger partial charge in [0.25, 0.3) is 0 Å². The van der Waals surface area contributed by atoms with Crippen molar-refractivity contribution in [2.24, 2.45) is 12.0 Å². The van der Waals surface area contributed by atoms with E-state index in [1.54, 1.807) is 0 Å². The Kier molecular flexibility index (Phi) is 8.21. The minimum absolute atomic E-state index is 0. The molecule has 1 aromatic heterocycles. The average molecular weight is 497 g/mol. The van der Waals surface area contributed by atoms with Gasteiger partial charge in [0.15, 0.2) is 11.8 Å². The third-order valence-electron chi connectivity index (χ3n) is 4.68. The third-order valence-corrected chi connectivity index (χ3v) is 4.68. The maximum absolute atomic E-state index is 11.8. The van der Waals surface area contributed by atoms with Crippen molar-refractivity contribution in [1.82, 2.24) is 25.4 Å². The van der Waals surface area contributed by atoms with Gasteiger partial charge in [0.1, 0.15) is 5.82 Å². The number of aromatic nitrogens is 3. The van der Waals surface area contributed by atoms with Crippen LogP contribution < -0.4 is 15.5 Å². The molecule has 0 spiro atoms. The highest BCUT2D eigenvalue weighted by Gasteiger charge is 2.21. The third kappa shape index (κ3) is 5.43. The van der Waals surface area contributed by atoms with Gasteiger partial charge in [-0.1, -0.05) is 12.1 Å². The number of carbonyl (C=O) groups is 1. The number of aliphatic imine (C=N–C) groups is 1. The Morgan fingerprint density at radius 2 is 1.96 bits per heavy atom. The second-order valence-corrected chi connectivity index (χ2v) is 6.59. The average Bonchev–Trinajstić information content (AvgIpc) is 3.24. The van der Waals surface area contributed by atoms with Crippen LogP contribution in [0.5, 0.6) is 0 Å². The fraction of sp³-hybridized carbons (Fsp3) is 0.474. The van der Waals surface area contributed by atoms with E-state index in [2.05, 4.69) is 25.8 Å². The van der Waals surface area contributed by atoms with Gasteiger partial charge in [-0.2, -0.15) is 0 Å². The number of amides is 1. The number of carbonyl (C=O) groups excluding carboxylic acids is 1. The molecule has 28 heavy (non-hydrogen) atoms. The van der Waals surface area contributed by atoms with E-state index in [0.29, 0.717) is 19.5 Å². The Balaban J connectivity index is 0.00000280. The molecule has 1 aliphatic rings. The molecule has 152 valence electrons. The van der Waals surface area contributed by atoms with Gasteiger partial charge < -0.3 is 20.1 Å². The Bertz CT molecular complexity index is 816. The van der Waals surface area contributed by atoms with E-state index in [9.17, 15) is 4.79 Å². The van der Waals surface area contributed by atoms with E-state index in [0.717, 1.165) is 48.4 Å². The van der Waals surface area contributed by atoms with Crippen LogP contribution in [0.1, 0.15) is 37.0 Å². The van der Waals surface area contributed by atoms with Gasteiger partial charge in [-0.25, -0.2) is 4.99 Å². The summed E-state index contributed by atoms with van der Waals surface area (Å²) in [5.74, 6) is 2.68. The minimum Gasteiger partial charge on any atom is -0.357 e. The summed E-state index contributed by atoms with van der Waals surface area (Å²) in [7, 11) is 1.95. The molecule has 8 nitrogen and oxygen atoms in total. The van der Waals surface area contributed by atoms with Crippen molar-refractivity contribution in [3.05, 3.63) is 41.5 Å². The summed E-state index contributed by atoms with van der Waals surface area (Å²) < 4.78 is 1.95. The van der Waals surface area contributed by atoms with Crippen LogP contribution in [0.4, 0.5) is 5.69 Å². The summed E-state index contributed by atoms with van der Waals surface area (Å²) in [5.41, 5.74) is 2.06. The maximum atomic E-state index is 11.8. The second kappa shape index (κ2) is 10.4. The van der Waals surface area contributed by atoms with E-state index < -0.39 is 0 Å². The summed E-state index contributed by atoms with van der Waals surface area (Å²) in [6.07, 6.45) is 1.59. The monoisotopic (exact) mass is 497 g/mol. The predicted octanol–water partition coefficient (Wildman–Crippen LogP) is 2.12. The second-order valence-electron chi connectivity index (χ2n) is 6.59. The van der Waals surface area contributed by atoms with Crippen molar-refractivity contribution >= 4 is 41.5 Å². The highest BCUT2D eigenvalue weighted by Crippen LogP contribution is 2.21. The van der Waals surface area contributed by atoms with Crippen LogP contribution in [0, 0.1) is 6.92 Å². The topological polar surface area (TPSA) is 87.4 Å². The number of nitrogens with one attached hydrogen (secondary N) is 2. The van der Waals surface area contributed by atoms with Crippen molar-refractivity contribution in [2.45, 2.75) is 39.8 Å². The van der Waals surface area contributed by atoms with Gasteiger partial charge in [-0.15, -0.1) is 34.2 Å². The molecule has 1 amide bonds. The van der Waals surface area contributed by atoms with Crippen LogP contribution in [-0.4, -0.2) is 39.7 Å². The Morgan fingerprint density at radius 1 is 1.21 bits per heavy atom. The molecule has 1 aliphatic heterocycles. The van der Waals surface area contributed by atoms with Gasteiger partial charge in [0.2, 0.25) is 5.91 Å². The molecular weight excluding hydrogens is 469 g/mol. The number of halogens is 1. The molecule has 0 aliphatic carbocycles. The highest BCUT2D eigenvalue weighted by molar-refractivity contribution is 14.0. The number of hydrogen-bond acceptors (Lipinski definition) is 4. The zero-order valence-electron chi connectivity index (χ0n) is 16.6. The fourth-order valence-electron chi connectivity index (χ4n) is 2.98. The number of benzene rings is 1. The van der Waals surface area contributed by atoms with Crippen molar-refractivity contribution in [3.8, 4) is 0 Å². The molecule has 0 unspecified atom stereocenters. The Labute approximate surface area is 182 Å².